The monoisotopic (exact) mass is 483 g/mol. The van der Waals surface area contributed by atoms with Crippen LogP contribution in [0.3, 0.4) is 0 Å². The third-order valence-electron chi connectivity index (χ3n) is 8.03. The van der Waals surface area contributed by atoms with Crippen molar-refractivity contribution in [3.63, 3.8) is 0 Å². The molecule has 2 heterocycles. The molecule has 1 aromatic rings. The van der Waals surface area contributed by atoms with E-state index in [0.29, 0.717) is 37.5 Å². The topological polar surface area (TPSA) is 63.6 Å². The lowest BCUT2D eigenvalue weighted by atomic mass is 9.74. The van der Waals surface area contributed by atoms with Crippen molar-refractivity contribution in [2.45, 2.75) is 70.1 Å². The number of Topliss-reactive ketones (excluding diaryl/α,β-unsaturated/α-hetero) is 1. The largest absolute Gasteiger partial charge is 0.299 e. The number of benzene rings is 1. The number of carbonyl (C=O) groups excluding carboxylic acids is 1. The van der Waals surface area contributed by atoms with Gasteiger partial charge in [0.1, 0.15) is 5.78 Å². The van der Waals surface area contributed by atoms with E-state index >= 15 is 0 Å². The fourth-order valence-corrected chi connectivity index (χ4v) is 8.12. The summed E-state index contributed by atoms with van der Waals surface area (Å²) in [7, 11) is -2.87. The molecule has 1 aromatic carbocycles. The minimum atomic E-state index is -2.87. The molecule has 3 atom stereocenters. The van der Waals surface area contributed by atoms with E-state index in [2.05, 4.69) is 42.5 Å². The molecule has 5 heteroatoms. The van der Waals surface area contributed by atoms with Crippen LogP contribution in [0.4, 0.5) is 0 Å². The van der Waals surface area contributed by atoms with Crippen molar-refractivity contribution in [1.82, 2.24) is 0 Å². The predicted molar refractivity (Wildman–Crippen MR) is 144 cm³/mol. The first-order chi connectivity index (χ1) is 16.5. The zero-order chi connectivity index (χ0) is 23.5. The minimum absolute atomic E-state index is 0. The Morgan fingerprint density at radius 3 is 2.79 bits per heavy atom. The van der Waals surface area contributed by atoms with Gasteiger partial charge in [-0.05, 0) is 73.5 Å². The van der Waals surface area contributed by atoms with Crippen LogP contribution in [-0.2, 0) is 21.1 Å². The Hall–Kier alpha value is -2.27. The molecular weight excluding hydrogens is 442 g/mol. The number of rotatable bonds is 7. The number of sulfone groups is 1. The summed E-state index contributed by atoms with van der Waals surface area (Å²) < 4.78 is 23.3. The summed E-state index contributed by atoms with van der Waals surface area (Å²) in [6, 6.07) is 8.61. The number of hydrogen-bond acceptors (Lipinski definition) is 4. The predicted octanol–water partition coefficient (Wildman–Crippen LogP) is 6.64. The molecule has 1 saturated carbocycles. The van der Waals surface area contributed by atoms with Crippen LogP contribution in [0.1, 0.15) is 79.1 Å². The molecule has 34 heavy (non-hydrogen) atoms. The quantitative estimate of drug-likeness (QED) is 0.437. The number of hydrogen-bond donors (Lipinski definition) is 0. The van der Waals surface area contributed by atoms with Gasteiger partial charge in [-0.1, -0.05) is 54.5 Å². The van der Waals surface area contributed by atoms with E-state index in [1.165, 1.54) is 41.7 Å². The Morgan fingerprint density at radius 1 is 1.09 bits per heavy atom. The number of ketones is 1. The summed E-state index contributed by atoms with van der Waals surface area (Å²) in [5.74, 6) is 1.91. The van der Waals surface area contributed by atoms with Crippen molar-refractivity contribution in [2.24, 2.45) is 16.8 Å². The molecule has 2 aliphatic heterocycles. The normalized spacial score (nSPS) is 28.0. The highest BCUT2D eigenvalue weighted by molar-refractivity contribution is 7.91. The highest BCUT2D eigenvalue weighted by Crippen LogP contribution is 2.40. The SMILES string of the molecule is O=C(CCC1CCS(=O)(=O)C1)Cc1cccc(C2CCCC(C3=NC=CCC4=C3C=CC4)C2)c1.[HH].[HH].[HH]. The zero-order valence-corrected chi connectivity index (χ0v) is 20.7. The number of carbonyl (C=O) groups is 1. The highest BCUT2D eigenvalue weighted by atomic mass is 32.2. The van der Waals surface area contributed by atoms with Crippen molar-refractivity contribution >= 4 is 21.3 Å². The smallest absolute Gasteiger partial charge is 0.150 e. The second kappa shape index (κ2) is 10.2. The fraction of sp³-hybridized carbons (Fsp3) is 0.517. The minimum Gasteiger partial charge on any atom is -0.299 e. The molecule has 4 nitrogen and oxygen atoms in total. The van der Waals surface area contributed by atoms with Crippen LogP contribution in [-0.4, -0.2) is 31.4 Å². The molecule has 0 radical (unpaired) electrons. The van der Waals surface area contributed by atoms with E-state index in [9.17, 15) is 13.2 Å². The van der Waals surface area contributed by atoms with E-state index in [1.54, 1.807) is 0 Å². The fourth-order valence-electron chi connectivity index (χ4n) is 6.21. The van der Waals surface area contributed by atoms with Gasteiger partial charge < -0.3 is 0 Å². The molecule has 5 rings (SSSR count). The molecule has 0 aromatic heterocycles. The average Bonchev–Trinajstić information content (AvgIpc) is 3.38. The molecule has 4 aliphatic rings. The van der Waals surface area contributed by atoms with Gasteiger partial charge >= 0.3 is 0 Å². The number of nitrogens with zero attached hydrogens (tertiary/aromatic N) is 1. The second-order valence-corrected chi connectivity index (χ2v) is 12.8. The van der Waals surface area contributed by atoms with Gasteiger partial charge in [-0.15, -0.1) is 0 Å². The number of aliphatic imine (C=N–C) groups is 1. The molecule has 186 valence electrons. The van der Waals surface area contributed by atoms with E-state index in [1.807, 2.05) is 6.20 Å². The van der Waals surface area contributed by atoms with Gasteiger partial charge in [0.15, 0.2) is 9.84 Å². The Morgan fingerprint density at radius 2 is 1.94 bits per heavy atom. The standard InChI is InChI=1S/C29H35NO3S.3H2/c31-27(13-12-21-14-16-34(32,33)20-21)18-22-5-1-7-24(17-22)25-8-2-9-26(19-25)29-28-11-3-6-23(28)10-4-15-30-29;;;/h1,3-5,7,11,15,17,21,25-26H,2,6,8-10,12-14,16,18-20H2;3*1H. The third kappa shape index (κ3) is 5.51. The lowest BCUT2D eigenvalue weighted by Crippen LogP contribution is -2.23. The molecule has 0 spiro atoms. The van der Waals surface area contributed by atoms with E-state index < -0.39 is 9.84 Å². The molecule has 0 amide bonds. The van der Waals surface area contributed by atoms with Crippen LogP contribution in [0.25, 0.3) is 0 Å². The van der Waals surface area contributed by atoms with Crippen molar-refractivity contribution in [3.8, 4) is 0 Å². The third-order valence-corrected chi connectivity index (χ3v) is 9.87. The van der Waals surface area contributed by atoms with Crippen LogP contribution >= 0.6 is 0 Å². The Labute approximate surface area is 208 Å². The maximum atomic E-state index is 12.6. The lowest BCUT2D eigenvalue weighted by molar-refractivity contribution is -0.118. The highest BCUT2D eigenvalue weighted by Gasteiger charge is 2.30. The summed E-state index contributed by atoms with van der Waals surface area (Å²) in [5, 5.41) is 0. The summed E-state index contributed by atoms with van der Waals surface area (Å²) >= 11 is 0. The average molecular weight is 484 g/mol. The van der Waals surface area contributed by atoms with Gasteiger partial charge in [0.2, 0.25) is 0 Å². The summed E-state index contributed by atoms with van der Waals surface area (Å²) in [5.41, 5.74) is 6.60. The van der Waals surface area contributed by atoms with Crippen molar-refractivity contribution in [1.29, 1.82) is 0 Å². The van der Waals surface area contributed by atoms with Crippen LogP contribution in [0.15, 0.2) is 64.8 Å². The van der Waals surface area contributed by atoms with Gasteiger partial charge in [0.25, 0.3) is 0 Å². The van der Waals surface area contributed by atoms with Crippen molar-refractivity contribution in [3.05, 3.63) is 71.0 Å². The van der Waals surface area contributed by atoms with Crippen LogP contribution < -0.4 is 0 Å². The maximum absolute atomic E-state index is 12.6. The van der Waals surface area contributed by atoms with Crippen molar-refractivity contribution < 1.29 is 17.5 Å². The first kappa shape index (κ1) is 23.5. The molecular formula is C29H41NO3S. The van der Waals surface area contributed by atoms with Gasteiger partial charge in [-0.2, -0.15) is 0 Å². The molecule has 0 N–H and O–H groups in total. The maximum Gasteiger partial charge on any atom is 0.150 e. The van der Waals surface area contributed by atoms with Crippen LogP contribution in [0.5, 0.6) is 0 Å². The molecule has 3 unspecified atom stereocenters. The van der Waals surface area contributed by atoms with Gasteiger partial charge in [-0.25, -0.2) is 8.42 Å². The Balaban J connectivity index is 0.00000160. The zero-order valence-electron chi connectivity index (χ0n) is 19.9. The van der Waals surface area contributed by atoms with E-state index in [4.69, 9.17) is 4.99 Å². The molecule has 2 fully saturated rings. The van der Waals surface area contributed by atoms with Crippen LogP contribution in [0, 0.1) is 11.8 Å². The number of allylic oxidation sites excluding steroid dienone is 5. The van der Waals surface area contributed by atoms with Gasteiger partial charge in [-0.3, -0.25) is 9.79 Å². The van der Waals surface area contributed by atoms with Crippen LogP contribution in [0.2, 0.25) is 0 Å². The Bertz CT molecular complexity index is 1190. The first-order valence-corrected chi connectivity index (χ1v) is 14.7. The van der Waals surface area contributed by atoms with Gasteiger partial charge in [0, 0.05) is 29.2 Å². The van der Waals surface area contributed by atoms with E-state index in [0.717, 1.165) is 24.8 Å². The Kier molecular flexibility index (Phi) is 7.01. The summed E-state index contributed by atoms with van der Waals surface area (Å²) in [6.45, 7) is 0. The van der Waals surface area contributed by atoms with Gasteiger partial charge in [0.05, 0.1) is 17.2 Å². The second-order valence-electron chi connectivity index (χ2n) is 10.6. The molecule has 2 aliphatic carbocycles. The van der Waals surface area contributed by atoms with E-state index in [-0.39, 0.29) is 27.5 Å². The first-order valence-electron chi connectivity index (χ1n) is 12.9. The van der Waals surface area contributed by atoms with Crippen molar-refractivity contribution in [2.75, 3.05) is 11.5 Å². The summed E-state index contributed by atoms with van der Waals surface area (Å²) in [6.07, 6.45) is 17.8. The lowest BCUT2D eigenvalue weighted by Gasteiger charge is -2.31. The molecule has 1 saturated heterocycles. The molecule has 0 bridgehead atoms. The summed E-state index contributed by atoms with van der Waals surface area (Å²) in [4.78, 5) is 17.5.